The van der Waals surface area contributed by atoms with Crippen molar-refractivity contribution < 1.29 is 4.79 Å². The molecular formula is C15H18N4O. The topological polar surface area (TPSA) is 61.9 Å². The summed E-state index contributed by atoms with van der Waals surface area (Å²) in [5.41, 5.74) is 1.69. The molecule has 1 aliphatic heterocycles. The SMILES string of the molecule is C[C@@]1(c2ccccc2)CCCN(C(=O)c2cn[nH]n2)C1. The molecule has 1 atom stereocenters. The van der Waals surface area contributed by atoms with Gasteiger partial charge in [0, 0.05) is 18.5 Å². The van der Waals surface area contributed by atoms with E-state index >= 15 is 0 Å². The number of hydrogen-bond acceptors (Lipinski definition) is 3. The van der Waals surface area contributed by atoms with Crippen molar-refractivity contribution in [1.82, 2.24) is 20.3 Å². The predicted octanol–water partition coefficient (Wildman–Crippen LogP) is 2.00. The first-order valence-corrected chi connectivity index (χ1v) is 6.90. The quantitative estimate of drug-likeness (QED) is 0.908. The van der Waals surface area contributed by atoms with E-state index in [0.717, 1.165) is 25.9 Å². The minimum absolute atomic E-state index is 0.0128. The number of hydrogen-bond donors (Lipinski definition) is 1. The summed E-state index contributed by atoms with van der Waals surface area (Å²) in [6.07, 6.45) is 3.59. The van der Waals surface area contributed by atoms with Crippen molar-refractivity contribution in [2.45, 2.75) is 25.2 Å². The fraction of sp³-hybridized carbons (Fsp3) is 0.400. The van der Waals surface area contributed by atoms with Crippen LogP contribution in [0.1, 0.15) is 35.8 Å². The van der Waals surface area contributed by atoms with Crippen LogP contribution in [-0.2, 0) is 5.41 Å². The number of amides is 1. The molecule has 1 aromatic heterocycles. The lowest BCUT2D eigenvalue weighted by Crippen LogP contribution is -2.47. The summed E-state index contributed by atoms with van der Waals surface area (Å²) in [6, 6.07) is 10.4. The van der Waals surface area contributed by atoms with Gasteiger partial charge in [0.05, 0.1) is 6.20 Å². The van der Waals surface area contributed by atoms with Crippen molar-refractivity contribution in [1.29, 1.82) is 0 Å². The number of nitrogens with one attached hydrogen (secondary N) is 1. The molecule has 20 heavy (non-hydrogen) atoms. The molecule has 1 aromatic carbocycles. The average Bonchev–Trinajstić information content (AvgIpc) is 3.02. The molecule has 2 heterocycles. The smallest absolute Gasteiger partial charge is 0.276 e. The van der Waals surface area contributed by atoms with Crippen LogP contribution >= 0.6 is 0 Å². The monoisotopic (exact) mass is 270 g/mol. The Labute approximate surface area is 118 Å². The first-order valence-electron chi connectivity index (χ1n) is 6.90. The van der Waals surface area contributed by atoms with Crippen molar-refractivity contribution in [3.63, 3.8) is 0 Å². The molecule has 104 valence electrons. The van der Waals surface area contributed by atoms with Gasteiger partial charge < -0.3 is 4.90 Å². The number of carbonyl (C=O) groups excluding carboxylic acids is 1. The highest BCUT2D eigenvalue weighted by Gasteiger charge is 2.35. The third-order valence-electron chi connectivity index (χ3n) is 4.09. The second-order valence-electron chi connectivity index (χ2n) is 5.61. The number of piperidine rings is 1. The van der Waals surface area contributed by atoms with Crippen LogP contribution in [0.3, 0.4) is 0 Å². The highest BCUT2D eigenvalue weighted by molar-refractivity contribution is 5.92. The normalized spacial score (nSPS) is 22.8. The molecule has 1 N–H and O–H groups in total. The lowest BCUT2D eigenvalue weighted by molar-refractivity contribution is 0.0645. The Hall–Kier alpha value is -2.17. The molecule has 0 saturated carbocycles. The van der Waals surface area contributed by atoms with Crippen molar-refractivity contribution >= 4 is 5.91 Å². The fourth-order valence-corrected chi connectivity index (χ4v) is 2.96. The molecule has 1 fully saturated rings. The Balaban J connectivity index is 1.82. The first kappa shape index (κ1) is 12.8. The van der Waals surface area contributed by atoms with Crippen molar-refractivity contribution in [2.24, 2.45) is 0 Å². The highest BCUT2D eigenvalue weighted by atomic mass is 16.2. The molecule has 0 spiro atoms. The molecule has 0 aliphatic carbocycles. The molecule has 1 saturated heterocycles. The fourth-order valence-electron chi connectivity index (χ4n) is 2.96. The number of benzene rings is 1. The first-order chi connectivity index (χ1) is 9.69. The molecule has 3 rings (SSSR count). The van der Waals surface area contributed by atoms with Crippen molar-refractivity contribution in [3.05, 3.63) is 47.8 Å². The van der Waals surface area contributed by atoms with Crippen molar-refractivity contribution in [3.8, 4) is 0 Å². The summed E-state index contributed by atoms with van der Waals surface area (Å²) in [5.74, 6) is -0.0411. The molecule has 5 nitrogen and oxygen atoms in total. The number of nitrogens with zero attached hydrogens (tertiary/aromatic N) is 3. The lowest BCUT2D eigenvalue weighted by Gasteiger charge is -2.40. The zero-order valence-electron chi connectivity index (χ0n) is 11.5. The van der Waals surface area contributed by atoms with E-state index in [0.29, 0.717) is 5.69 Å². The summed E-state index contributed by atoms with van der Waals surface area (Å²) in [6.45, 7) is 3.74. The number of carbonyl (C=O) groups is 1. The molecule has 0 bridgehead atoms. The number of aromatic amines is 1. The molecule has 0 radical (unpaired) electrons. The van der Waals surface area contributed by atoms with E-state index in [-0.39, 0.29) is 11.3 Å². The maximum Gasteiger partial charge on any atom is 0.276 e. The van der Waals surface area contributed by atoms with Gasteiger partial charge in [0.15, 0.2) is 5.69 Å². The van der Waals surface area contributed by atoms with E-state index in [2.05, 4.69) is 46.6 Å². The van der Waals surface area contributed by atoms with Crippen LogP contribution in [0.2, 0.25) is 0 Å². The molecular weight excluding hydrogens is 252 g/mol. The van der Waals surface area contributed by atoms with Gasteiger partial charge in [-0.3, -0.25) is 4.79 Å². The van der Waals surface area contributed by atoms with Gasteiger partial charge in [0.1, 0.15) is 0 Å². The molecule has 2 aromatic rings. The Morgan fingerprint density at radius 3 is 2.85 bits per heavy atom. The van der Waals surface area contributed by atoms with E-state index in [1.54, 1.807) is 0 Å². The van der Waals surface area contributed by atoms with Crippen LogP contribution in [0.4, 0.5) is 0 Å². The molecule has 5 heteroatoms. The zero-order valence-corrected chi connectivity index (χ0v) is 11.5. The second-order valence-corrected chi connectivity index (χ2v) is 5.61. The predicted molar refractivity (Wildman–Crippen MR) is 75.3 cm³/mol. The molecule has 1 aliphatic rings. The molecule has 1 amide bonds. The van der Waals surface area contributed by atoms with Crippen LogP contribution in [0.5, 0.6) is 0 Å². The Morgan fingerprint density at radius 2 is 2.15 bits per heavy atom. The van der Waals surface area contributed by atoms with Gasteiger partial charge in [0.2, 0.25) is 0 Å². The van der Waals surface area contributed by atoms with Gasteiger partial charge in [-0.05, 0) is 18.4 Å². The summed E-state index contributed by atoms with van der Waals surface area (Å²) < 4.78 is 0. The third kappa shape index (κ3) is 2.31. The van der Waals surface area contributed by atoms with E-state index in [1.807, 2.05) is 11.0 Å². The van der Waals surface area contributed by atoms with Crippen LogP contribution in [-0.4, -0.2) is 39.3 Å². The molecule has 0 unspecified atom stereocenters. The Bertz CT molecular complexity index is 581. The van der Waals surface area contributed by atoms with Crippen molar-refractivity contribution in [2.75, 3.05) is 13.1 Å². The Morgan fingerprint density at radius 1 is 1.35 bits per heavy atom. The summed E-state index contributed by atoms with van der Waals surface area (Å²) in [7, 11) is 0. The van der Waals surface area contributed by atoms with Gasteiger partial charge >= 0.3 is 0 Å². The van der Waals surface area contributed by atoms with Crippen LogP contribution in [0, 0.1) is 0 Å². The summed E-state index contributed by atoms with van der Waals surface area (Å²) in [4.78, 5) is 14.3. The van der Waals surface area contributed by atoms with Gasteiger partial charge in [0.25, 0.3) is 5.91 Å². The Kier molecular flexibility index (Phi) is 3.26. The van der Waals surface area contributed by atoms with E-state index < -0.39 is 0 Å². The number of rotatable bonds is 2. The standard InChI is InChI=1S/C15H18N4O/c1-15(12-6-3-2-4-7-12)8-5-9-19(11-15)14(20)13-10-16-18-17-13/h2-4,6-7,10H,5,8-9,11H2,1H3,(H,16,17,18)/t15-/m1/s1. The van der Waals surface area contributed by atoms with E-state index in [9.17, 15) is 4.79 Å². The minimum Gasteiger partial charge on any atom is -0.336 e. The number of aromatic nitrogens is 3. The summed E-state index contributed by atoms with van der Waals surface area (Å²) >= 11 is 0. The van der Waals surface area contributed by atoms with E-state index in [4.69, 9.17) is 0 Å². The second kappa shape index (κ2) is 5.07. The van der Waals surface area contributed by atoms with Gasteiger partial charge in [-0.2, -0.15) is 15.4 Å². The minimum atomic E-state index is -0.0411. The van der Waals surface area contributed by atoms with Crippen LogP contribution < -0.4 is 0 Å². The third-order valence-corrected chi connectivity index (χ3v) is 4.09. The van der Waals surface area contributed by atoms with Crippen LogP contribution in [0.15, 0.2) is 36.5 Å². The highest BCUT2D eigenvalue weighted by Crippen LogP contribution is 2.33. The number of H-pyrrole nitrogens is 1. The maximum atomic E-state index is 12.4. The number of likely N-dealkylation sites (tertiary alicyclic amines) is 1. The zero-order chi connectivity index (χ0) is 14.0. The lowest BCUT2D eigenvalue weighted by atomic mass is 9.76. The van der Waals surface area contributed by atoms with E-state index in [1.165, 1.54) is 11.8 Å². The van der Waals surface area contributed by atoms with Gasteiger partial charge in [-0.15, -0.1) is 0 Å². The average molecular weight is 270 g/mol. The largest absolute Gasteiger partial charge is 0.336 e. The maximum absolute atomic E-state index is 12.4. The summed E-state index contributed by atoms with van der Waals surface area (Å²) in [5, 5.41) is 10.1. The van der Waals surface area contributed by atoms with Gasteiger partial charge in [-0.25, -0.2) is 0 Å². The van der Waals surface area contributed by atoms with Crippen LogP contribution in [0.25, 0.3) is 0 Å². The van der Waals surface area contributed by atoms with Gasteiger partial charge in [-0.1, -0.05) is 37.3 Å².